The number of carbonyl (C=O) groups is 1. The van der Waals surface area contributed by atoms with Crippen LogP contribution in [-0.2, 0) is 0 Å². The summed E-state index contributed by atoms with van der Waals surface area (Å²) in [6, 6.07) is 1.59. The van der Waals surface area contributed by atoms with Gasteiger partial charge in [0.2, 0.25) is 0 Å². The number of nitrogens with two attached hydrogens (primary N) is 1. The van der Waals surface area contributed by atoms with Crippen molar-refractivity contribution in [2.75, 3.05) is 12.8 Å². The number of amides is 1. The molecule has 0 saturated carbocycles. The van der Waals surface area contributed by atoms with Crippen molar-refractivity contribution in [2.24, 2.45) is 0 Å². The van der Waals surface area contributed by atoms with Crippen LogP contribution in [0.3, 0.4) is 0 Å². The van der Waals surface area contributed by atoms with E-state index in [1.807, 2.05) is 0 Å². The van der Waals surface area contributed by atoms with Gasteiger partial charge in [0.05, 0.1) is 0 Å². The Morgan fingerprint density at radius 1 is 1.53 bits per heavy atom. The Kier molecular flexibility index (Phi) is 3.05. The van der Waals surface area contributed by atoms with Crippen LogP contribution in [0.15, 0.2) is 23.1 Å². The topological polar surface area (TPSA) is 98.7 Å². The van der Waals surface area contributed by atoms with Gasteiger partial charge in [-0.1, -0.05) is 0 Å². The van der Waals surface area contributed by atoms with Gasteiger partial charge in [0.1, 0.15) is 16.6 Å². The van der Waals surface area contributed by atoms with Crippen molar-refractivity contribution >= 4 is 27.7 Å². The largest absolute Gasteiger partial charge is 0.383 e. The molecule has 0 saturated heterocycles. The number of carbonyl (C=O) groups excluding carboxylic acids is 1. The summed E-state index contributed by atoms with van der Waals surface area (Å²) in [5.41, 5.74) is 5.93. The molecule has 7 nitrogen and oxygen atoms in total. The Morgan fingerprint density at radius 3 is 3.00 bits per heavy atom. The van der Waals surface area contributed by atoms with E-state index in [0.717, 1.165) is 0 Å². The molecule has 8 heteroatoms. The van der Waals surface area contributed by atoms with Crippen molar-refractivity contribution in [3.8, 4) is 5.82 Å². The van der Waals surface area contributed by atoms with Gasteiger partial charge in [-0.3, -0.25) is 4.79 Å². The Balaban J connectivity index is 2.44. The molecule has 2 heterocycles. The van der Waals surface area contributed by atoms with E-state index in [4.69, 9.17) is 5.73 Å². The smallest absolute Gasteiger partial charge is 0.271 e. The third-order valence-corrected chi connectivity index (χ3v) is 2.82. The first-order chi connectivity index (χ1) is 8.13. The predicted octanol–water partition coefficient (Wildman–Crippen LogP) is 0.367. The quantitative estimate of drug-likeness (QED) is 0.834. The minimum absolute atomic E-state index is 0.262. The van der Waals surface area contributed by atoms with Crippen LogP contribution in [0.25, 0.3) is 5.82 Å². The highest BCUT2D eigenvalue weighted by Crippen LogP contribution is 2.22. The predicted molar refractivity (Wildman–Crippen MR) is 64.7 cm³/mol. The second kappa shape index (κ2) is 4.50. The second-order valence-electron chi connectivity index (χ2n) is 3.12. The van der Waals surface area contributed by atoms with E-state index in [9.17, 15) is 4.79 Å². The van der Waals surface area contributed by atoms with Gasteiger partial charge in [-0.15, -0.1) is 0 Å². The molecule has 0 atom stereocenters. The third-order valence-electron chi connectivity index (χ3n) is 2.06. The fourth-order valence-electron chi connectivity index (χ4n) is 1.22. The van der Waals surface area contributed by atoms with Gasteiger partial charge in [0, 0.05) is 13.2 Å². The maximum Gasteiger partial charge on any atom is 0.271 e. The van der Waals surface area contributed by atoms with Crippen molar-refractivity contribution in [1.29, 1.82) is 0 Å². The van der Waals surface area contributed by atoms with Crippen LogP contribution in [-0.4, -0.2) is 32.7 Å². The van der Waals surface area contributed by atoms with E-state index in [2.05, 4.69) is 36.3 Å². The summed E-state index contributed by atoms with van der Waals surface area (Å²) >= 11 is 3.27. The Labute approximate surface area is 105 Å². The summed E-state index contributed by atoms with van der Waals surface area (Å²) < 4.78 is 1.98. The lowest BCUT2D eigenvalue weighted by atomic mass is 10.4. The SMILES string of the molecule is CNC(=O)c1ccn(-c2ncnc(N)c2Br)n1. The van der Waals surface area contributed by atoms with E-state index < -0.39 is 0 Å². The van der Waals surface area contributed by atoms with Crippen molar-refractivity contribution in [3.63, 3.8) is 0 Å². The van der Waals surface area contributed by atoms with E-state index in [0.29, 0.717) is 21.8 Å². The molecular formula is C9H9BrN6O. The molecule has 17 heavy (non-hydrogen) atoms. The monoisotopic (exact) mass is 296 g/mol. The average Bonchev–Trinajstić information content (AvgIpc) is 2.81. The highest BCUT2D eigenvalue weighted by molar-refractivity contribution is 9.10. The van der Waals surface area contributed by atoms with Crippen LogP contribution in [0, 0.1) is 0 Å². The maximum atomic E-state index is 11.4. The molecule has 0 bridgehead atoms. The number of nitrogens with one attached hydrogen (secondary N) is 1. The molecule has 0 spiro atoms. The van der Waals surface area contributed by atoms with E-state index in [1.165, 1.54) is 11.0 Å². The molecule has 0 aliphatic rings. The van der Waals surface area contributed by atoms with Gasteiger partial charge in [0.15, 0.2) is 11.5 Å². The van der Waals surface area contributed by atoms with Gasteiger partial charge in [-0.05, 0) is 22.0 Å². The van der Waals surface area contributed by atoms with Gasteiger partial charge >= 0.3 is 0 Å². The highest BCUT2D eigenvalue weighted by Gasteiger charge is 2.12. The normalized spacial score (nSPS) is 10.2. The molecule has 2 aromatic rings. The number of hydrogen-bond donors (Lipinski definition) is 2. The van der Waals surface area contributed by atoms with Crippen LogP contribution in [0.5, 0.6) is 0 Å². The van der Waals surface area contributed by atoms with E-state index in [1.54, 1.807) is 19.3 Å². The van der Waals surface area contributed by atoms with Crippen LogP contribution in [0.4, 0.5) is 5.82 Å². The molecule has 0 aliphatic carbocycles. The molecule has 0 unspecified atom stereocenters. The molecule has 0 fully saturated rings. The van der Waals surface area contributed by atoms with Crippen LogP contribution in [0.2, 0.25) is 0 Å². The van der Waals surface area contributed by atoms with Crippen LogP contribution in [0.1, 0.15) is 10.5 Å². The summed E-state index contributed by atoms with van der Waals surface area (Å²) in [7, 11) is 1.54. The first-order valence-electron chi connectivity index (χ1n) is 4.67. The first kappa shape index (κ1) is 11.5. The highest BCUT2D eigenvalue weighted by atomic mass is 79.9. The van der Waals surface area contributed by atoms with E-state index >= 15 is 0 Å². The zero-order chi connectivity index (χ0) is 12.4. The minimum Gasteiger partial charge on any atom is -0.383 e. The lowest BCUT2D eigenvalue weighted by Gasteiger charge is -2.04. The number of halogens is 1. The first-order valence-corrected chi connectivity index (χ1v) is 5.47. The number of hydrogen-bond acceptors (Lipinski definition) is 5. The van der Waals surface area contributed by atoms with Gasteiger partial charge in [-0.25, -0.2) is 14.6 Å². The molecule has 0 aromatic carbocycles. The fraction of sp³-hybridized carbons (Fsp3) is 0.111. The zero-order valence-electron chi connectivity index (χ0n) is 8.88. The van der Waals surface area contributed by atoms with Gasteiger partial charge < -0.3 is 11.1 Å². The van der Waals surface area contributed by atoms with Crippen LogP contribution >= 0.6 is 15.9 Å². The molecule has 2 rings (SSSR count). The van der Waals surface area contributed by atoms with Crippen molar-refractivity contribution in [3.05, 3.63) is 28.8 Å². The number of nitrogen functional groups attached to an aromatic ring is 1. The fourth-order valence-corrected chi connectivity index (χ4v) is 1.61. The molecule has 88 valence electrons. The van der Waals surface area contributed by atoms with Gasteiger partial charge in [-0.2, -0.15) is 5.10 Å². The van der Waals surface area contributed by atoms with Gasteiger partial charge in [0.25, 0.3) is 5.91 Å². The lowest BCUT2D eigenvalue weighted by Crippen LogP contribution is -2.18. The number of anilines is 1. The molecule has 3 N–H and O–H groups in total. The van der Waals surface area contributed by atoms with Crippen molar-refractivity contribution in [2.45, 2.75) is 0 Å². The van der Waals surface area contributed by atoms with Crippen molar-refractivity contribution < 1.29 is 4.79 Å². The third kappa shape index (κ3) is 2.11. The standard InChI is InChI=1S/C9H9BrN6O/c1-12-9(17)5-2-3-16(15-5)8-6(10)7(11)13-4-14-8/h2-4H,1H3,(H,12,17)(H2,11,13,14). The number of nitrogens with zero attached hydrogens (tertiary/aromatic N) is 4. The van der Waals surface area contributed by atoms with E-state index in [-0.39, 0.29) is 5.91 Å². The molecule has 1 amide bonds. The van der Waals surface area contributed by atoms with Crippen LogP contribution < -0.4 is 11.1 Å². The average molecular weight is 297 g/mol. The maximum absolute atomic E-state index is 11.4. The Bertz CT molecular complexity index is 566. The summed E-state index contributed by atoms with van der Waals surface area (Å²) in [5, 5.41) is 6.57. The zero-order valence-corrected chi connectivity index (χ0v) is 10.5. The number of rotatable bonds is 2. The summed E-state index contributed by atoms with van der Waals surface area (Å²) in [6.07, 6.45) is 2.95. The second-order valence-corrected chi connectivity index (χ2v) is 3.91. The summed E-state index contributed by atoms with van der Waals surface area (Å²) in [4.78, 5) is 19.2. The minimum atomic E-state index is -0.262. The molecular weight excluding hydrogens is 288 g/mol. The number of aromatic nitrogens is 4. The molecule has 0 aliphatic heterocycles. The molecule has 0 radical (unpaired) electrons. The van der Waals surface area contributed by atoms with Crippen molar-refractivity contribution in [1.82, 2.24) is 25.1 Å². The lowest BCUT2D eigenvalue weighted by molar-refractivity contribution is 0.0957. The Hall–Kier alpha value is -1.96. The summed E-state index contributed by atoms with van der Waals surface area (Å²) in [6.45, 7) is 0. The molecule has 2 aromatic heterocycles. The Morgan fingerprint density at radius 2 is 2.29 bits per heavy atom. The summed E-state index contributed by atoms with van der Waals surface area (Å²) in [5.74, 6) is 0.529.